The Balaban J connectivity index is 1.14. The Labute approximate surface area is 250 Å². The topological polar surface area (TPSA) is 167 Å². The maximum atomic E-state index is 13.4. The van der Waals surface area contributed by atoms with Gasteiger partial charge in [-0.2, -0.15) is 0 Å². The fraction of sp³-hybridized carbons (Fsp3) is 0.545. The van der Waals surface area contributed by atoms with Gasteiger partial charge in [0, 0.05) is 29.7 Å². The van der Waals surface area contributed by atoms with E-state index in [4.69, 9.17) is 9.84 Å². The predicted molar refractivity (Wildman–Crippen MR) is 153 cm³/mol. The van der Waals surface area contributed by atoms with Gasteiger partial charge in [0.15, 0.2) is 12.4 Å². The highest BCUT2D eigenvalue weighted by atomic mass is 16.5. The Hall–Kier alpha value is -3.63. The average molecular weight is 594 g/mol. The largest absolute Gasteiger partial charge is 0.478 e. The Bertz CT molecular complexity index is 1400. The molecule has 1 amide bonds. The molecule has 43 heavy (non-hydrogen) atoms. The van der Waals surface area contributed by atoms with E-state index in [9.17, 15) is 34.2 Å². The van der Waals surface area contributed by atoms with Gasteiger partial charge >= 0.3 is 11.9 Å². The number of benzene rings is 1. The lowest BCUT2D eigenvalue weighted by Crippen LogP contribution is -2.61. The Morgan fingerprint density at radius 1 is 1.07 bits per heavy atom. The number of allylic oxidation sites excluding steroid dienone is 4. The van der Waals surface area contributed by atoms with Crippen LogP contribution in [-0.4, -0.2) is 63.0 Å². The summed E-state index contributed by atoms with van der Waals surface area (Å²) in [4.78, 5) is 60.9. The van der Waals surface area contributed by atoms with Gasteiger partial charge in [-0.3, -0.25) is 19.2 Å². The van der Waals surface area contributed by atoms with Crippen LogP contribution in [0.25, 0.3) is 0 Å². The van der Waals surface area contributed by atoms with E-state index >= 15 is 0 Å². The molecule has 0 bridgehead atoms. The number of rotatable bonds is 9. The van der Waals surface area contributed by atoms with Gasteiger partial charge in [0.05, 0.1) is 18.1 Å². The van der Waals surface area contributed by atoms with E-state index in [0.29, 0.717) is 12.0 Å². The maximum Gasteiger partial charge on any atom is 0.335 e. The van der Waals surface area contributed by atoms with Crippen molar-refractivity contribution < 1.29 is 44.0 Å². The Morgan fingerprint density at radius 3 is 2.49 bits per heavy atom. The number of carbonyl (C=O) groups is 5. The van der Waals surface area contributed by atoms with E-state index in [-0.39, 0.29) is 61.3 Å². The second-order valence-corrected chi connectivity index (χ2v) is 13.0. The molecule has 0 aliphatic heterocycles. The zero-order valence-electron chi connectivity index (χ0n) is 24.5. The molecule has 10 heteroatoms. The number of ketones is 2. The van der Waals surface area contributed by atoms with Gasteiger partial charge in [0.25, 0.3) is 0 Å². The lowest BCUT2D eigenvalue weighted by molar-refractivity contribution is -0.181. The summed E-state index contributed by atoms with van der Waals surface area (Å²) in [5, 5.41) is 34.9. The average Bonchev–Trinajstić information content (AvgIpc) is 3.24. The zero-order chi connectivity index (χ0) is 31.2. The van der Waals surface area contributed by atoms with Crippen molar-refractivity contribution in [3.8, 4) is 0 Å². The summed E-state index contributed by atoms with van der Waals surface area (Å²) >= 11 is 0. The third kappa shape index (κ3) is 5.47. The molecule has 3 saturated carbocycles. The van der Waals surface area contributed by atoms with E-state index in [2.05, 4.69) is 12.2 Å². The first-order valence-electron chi connectivity index (χ1n) is 14.9. The van der Waals surface area contributed by atoms with Crippen LogP contribution in [0.2, 0.25) is 0 Å². The van der Waals surface area contributed by atoms with Crippen LogP contribution in [0.3, 0.4) is 0 Å². The van der Waals surface area contributed by atoms with Gasteiger partial charge in [-0.05, 0) is 73.8 Å². The highest BCUT2D eigenvalue weighted by Gasteiger charge is 2.68. The first-order chi connectivity index (χ1) is 20.3. The van der Waals surface area contributed by atoms with E-state index in [1.165, 1.54) is 12.1 Å². The molecule has 5 rings (SSSR count). The number of amides is 1. The third-order valence-corrected chi connectivity index (χ3v) is 10.7. The Kier molecular flexibility index (Phi) is 8.22. The van der Waals surface area contributed by atoms with Gasteiger partial charge in [0.2, 0.25) is 11.7 Å². The molecule has 7 atom stereocenters. The summed E-state index contributed by atoms with van der Waals surface area (Å²) in [6.45, 7) is 3.47. The number of nitrogens with one attached hydrogen (secondary N) is 1. The SMILES string of the molecule is C[C@]12C=CC(=O)C=C1CCC1C2C(O)C[C@@]2(C)C1CC[C@@]2(O)C(=O)COC(=O)CCC(=O)NCc1ccc(C(=O)O)cc1. The van der Waals surface area contributed by atoms with Crippen LogP contribution >= 0.6 is 0 Å². The molecule has 1 aromatic rings. The quantitative estimate of drug-likeness (QED) is 0.315. The number of hydrogen-bond acceptors (Lipinski definition) is 8. The summed E-state index contributed by atoms with van der Waals surface area (Å²) in [6, 6.07) is 6.05. The summed E-state index contributed by atoms with van der Waals surface area (Å²) in [7, 11) is 0. The first-order valence-corrected chi connectivity index (χ1v) is 14.9. The number of esters is 1. The first kappa shape index (κ1) is 30.8. The normalized spacial score (nSPS) is 34.3. The number of hydrogen-bond donors (Lipinski definition) is 4. The van der Waals surface area contributed by atoms with E-state index in [1.807, 2.05) is 13.0 Å². The van der Waals surface area contributed by atoms with Crippen molar-refractivity contribution in [1.29, 1.82) is 0 Å². The number of aromatic carboxylic acids is 1. The fourth-order valence-electron chi connectivity index (χ4n) is 8.40. The molecule has 0 saturated heterocycles. The molecule has 230 valence electrons. The number of aliphatic hydroxyl groups excluding tert-OH is 1. The van der Waals surface area contributed by atoms with Crippen molar-refractivity contribution in [1.82, 2.24) is 5.32 Å². The van der Waals surface area contributed by atoms with Gasteiger partial charge in [-0.1, -0.05) is 37.6 Å². The second kappa shape index (κ2) is 11.5. The van der Waals surface area contributed by atoms with Gasteiger partial charge in [-0.15, -0.1) is 0 Å². The van der Waals surface area contributed by atoms with E-state index < -0.39 is 52.8 Å². The summed E-state index contributed by atoms with van der Waals surface area (Å²) in [6.07, 6.45) is 6.51. The van der Waals surface area contributed by atoms with Crippen LogP contribution in [0, 0.1) is 28.6 Å². The predicted octanol–water partition coefficient (Wildman–Crippen LogP) is 2.90. The molecule has 4 unspecified atom stereocenters. The number of carboxylic acid groups (broad SMARTS) is 1. The summed E-state index contributed by atoms with van der Waals surface area (Å²) in [5.74, 6) is -2.90. The number of fused-ring (bicyclic) bond motifs is 5. The zero-order valence-corrected chi connectivity index (χ0v) is 24.5. The van der Waals surface area contributed by atoms with Crippen molar-refractivity contribution in [3.05, 3.63) is 59.2 Å². The molecule has 4 aliphatic rings. The molecule has 0 spiro atoms. The molecule has 0 heterocycles. The molecular formula is C33H39NO9. The van der Waals surface area contributed by atoms with Crippen molar-refractivity contribution in [2.75, 3.05) is 6.61 Å². The second-order valence-electron chi connectivity index (χ2n) is 13.0. The lowest BCUT2D eigenvalue weighted by atomic mass is 9.46. The minimum Gasteiger partial charge on any atom is -0.478 e. The number of Topliss-reactive ketones (excluding diaryl/α,β-unsaturated/α-hetero) is 1. The molecular weight excluding hydrogens is 554 g/mol. The number of ether oxygens (including phenoxy) is 1. The molecule has 4 N–H and O–H groups in total. The number of carbonyl (C=O) groups excluding carboxylic acids is 4. The third-order valence-electron chi connectivity index (χ3n) is 10.7. The summed E-state index contributed by atoms with van der Waals surface area (Å²) in [5.41, 5.74) is -1.24. The number of aliphatic hydroxyl groups is 2. The van der Waals surface area contributed by atoms with E-state index in [1.54, 1.807) is 24.3 Å². The molecule has 3 fully saturated rings. The number of carboxylic acids is 1. The molecule has 10 nitrogen and oxygen atoms in total. The lowest BCUT2D eigenvalue weighted by Gasteiger charge is -2.59. The minimum atomic E-state index is -1.76. The van der Waals surface area contributed by atoms with Crippen LogP contribution in [0.4, 0.5) is 0 Å². The fourth-order valence-corrected chi connectivity index (χ4v) is 8.40. The van der Waals surface area contributed by atoms with Crippen LogP contribution in [0.1, 0.15) is 74.7 Å². The van der Waals surface area contributed by atoms with Crippen molar-refractivity contribution in [3.63, 3.8) is 0 Å². The summed E-state index contributed by atoms with van der Waals surface area (Å²) < 4.78 is 5.19. The van der Waals surface area contributed by atoms with Crippen LogP contribution in [-0.2, 0) is 30.5 Å². The molecule has 4 aliphatic carbocycles. The maximum absolute atomic E-state index is 13.4. The van der Waals surface area contributed by atoms with Crippen molar-refractivity contribution >= 4 is 29.4 Å². The van der Waals surface area contributed by atoms with Gasteiger partial charge in [-0.25, -0.2) is 4.79 Å². The molecule has 1 aromatic carbocycles. The monoisotopic (exact) mass is 593 g/mol. The van der Waals surface area contributed by atoms with Crippen LogP contribution in [0.5, 0.6) is 0 Å². The van der Waals surface area contributed by atoms with Crippen molar-refractivity contribution in [2.24, 2.45) is 28.6 Å². The van der Waals surface area contributed by atoms with Gasteiger partial charge < -0.3 is 25.4 Å². The minimum absolute atomic E-state index is 0.0148. The smallest absolute Gasteiger partial charge is 0.335 e. The highest BCUT2D eigenvalue weighted by Crippen LogP contribution is 2.67. The van der Waals surface area contributed by atoms with Gasteiger partial charge in [0.1, 0.15) is 5.60 Å². The van der Waals surface area contributed by atoms with Crippen LogP contribution in [0.15, 0.2) is 48.1 Å². The van der Waals surface area contributed by atoms with E-state index in [0.717, 1.165) is 18.4 Å². The Morgan fingerprint density at radius 2 is 1.79 bits per heavy atom. The molecule has 0 radical (unpaired) electrons. The molecule has 0 aromatic heterocycles. The standard InChI is InChI=1S/C33H39NO9/c1-31-13-11-22(35)15-21(31)7-8-23-24-12-14-33(42,32(24,2)16-25(36)29(23)31)26(37)18-43-28(39)10-9-27(38)34-17-19-3-5-20(6-4-19)30(40)41/h3-6,11,13,15,23-25,29,36,42H,7-10,12,14,16-18H2,1-2H3,(H,34,38)(H,40,41)/t23?,24?,25?,29?,31-,32-,33+/m0/s1. The van der Waals surface area contributed by atoms with Crippen molar-refractivity contribution in [2.45, 2.75) is 77.0 Å². The highest BCUT2D eigenvalue weighted by molar-refractivity contribution is 6.01. The van der Waals surface area contributed by atoms with Crippen LogP contribution < -0.4 is 5.32 Å².